The summed E-state index contributed by atoms with van der Waals surface area (Å²) < 4.78 is 5.60. The summed E-state index contributed by atoms with van der Waals surface area (Å²) >= 11 is 1.97. The molecule has 1 spiro atoms. The highest BCUT2D eigenvalue weighted by molar-refractivity contribution is 8.00. The van der Waals surface area contributed by atoms with Crippen LogP contribution in [0.25, 0.3) is 0 Å². The van der Waals surface area contributed by atoms with E-state index >= 15 is 0 Å². The molecule has 0 amide bonds. The third-order valence-corrected chi connectivity index (χ3v) is 3.23. The van der Waals surface area contributed by atoms with E-state index in [4.69, 9.17) is 4.74 Å². The molecule has 2 aliphatic rings. The summed E-state index contributed by atoms with van der Waals surface area (Å²) in [5.41, 5.74) is 0. The number of hydrogen-bond acceptors (Lipinski definition) is 3. The number of thioether (sulfide) groups is 1. The Labute approximate surface area is 59.3 Å². The number of nitrogens with one attached hydrogen (secondary N) is 1. The van der Waals surface area contributed by atoms with E-state index < -0.39 is 0 Å². The highest BCUT2D eigenvalue weighted by Gasteiger charge is 2.39. The van der Waals surface area contributed by atoms with Gasteiger partial charge in [0.1, 0.15) is 4.93 Å². The second-order valence-electron chi connectivity index (χ2n) is 2.56. The van der Waals surface area contributed by atoms with Crippen LogP contribution >= 0.6 is 11.8 Å². The predicted octanol–water partition coefficient (Wildman–Crippen LogP) is 0.439. The van der Waals surface area contributed by atoms with Gasteiger partial charge in [-0.2, -0.15) is 0 Å². The van der Waals surface area contributed by atoms with E-state index in [2.05, 4.69) is 5.32 Å². The molecule has 0 aliphatic carbocycles. The van der Waals surface area contributed by atoms with Gasteiger partial charge < -0.3 is 10.1 Å². The van der Waals surface area contributed by atoms with Gasteiger partial charge in [-0.15, -0.1) is 11.8 Å². The molecule has 2 nitrogen and oxygen atoms in total. The summed E-state index contributed by atoms with van der Waals surface area (Å²) in [6.45, 7) is 3.07. The van der Waals surface area contributed by atoms with Crippen LogP contribution in [0.2, 0.25) is 0 Å². The van der Waals surface area contributed by atoms with Crippen molar-refractivity contribution in [3.63, 3.8) is 0 Å². The predicted molar refractivity (Wildman–Crippen MR) is 38.6 cm³/mol. The molecular weight excluding hydrogens is 134 g/mol. The van der Waals surface area contributed by atoms with Crippen molar-refractivity contribution in [1.82, 2.24) is 5.32 Å². The van der Waals surface area contributed by atoms with Crippen LogP contribution in [0.4, 0.5) is 0 Å². The average molecular weight is 145 g/mol. The van der Waals surface area contributed by atoms with Crippen LogP contribution in [-0.2, 0) is 4.74 Å². The second kappa shape index (κ2) is 2.15. The van der Waals surface area contributed by atoms with Gasteiger partial charge in [0.05, 0.1) is 0 Å². The van der Waals surface area contributed by atoms with E-state index in [0.29, 0.717) is 0 Å². The Balaban J connectivity index is 1.93. The van der Waals surface area contributed by atoms with Gasteiger partial charge >= 0.3 is 0 Å². The summed E-state index contributed by atoms with van der Waals surface area (Å²) in [6, 6.07) is 0. The van der Waals surface area contributed by atoms with E-state index in [-0.39, 0.29) is 4.93 Å². The van der Waals surface area contributed by atoms with E-state index in [1.54, 1.807) is 0 Å². The molecule has 0 saturated carbocycles. The Kier molecular flexibility index (Phi) is 1.43. The molecule has 2 fully saturated rings. The van der Waals surface area contributed by atoms with Crippen LogP contribution in [-0.4, -0.2) is 30.4 Å². The zero-order valence-corrected chi connectivity index (χ0v) is 6.17. The molecule has 0 aromatic carbocycles. The highest BCUT2D eigenvalue weighted by Crippen LogP contribution is 2.34. The molecule has 2 saturated heterocycles. The molecule has 0 aromatic heterocycles. The highest BCUT2D eigenvalue weighted by atomic mass is 32.2. The number of rotatable bonds is 0. The third-order valence-electron chi connectivity index (χ3n) is 1.81. The molecule has 3 heteroatoms. The first-order valence-corrected chi connectivity index (χ1v) is 4.39. The first-order chi connectivity index (χ1) is 4.41. The summed E-state index contributed by atoms with van der Waals surface area (Å²) in [5.74, 6) is 1.28. The quantitative estimate of drug-likeness (QED) is 0.534. The normalized spacial score (nSPS) is 32.0. The minimum Gasteiger partial charge on any atom is -0.362 e. The molecule has 0 radical (unpaired) electrons. The Bertz CT molecular complexity index is 106. The largest absolute Gasteiger partial charge is 0.362 e. The molecular formula is C6H11NOS. The van der Waals surface area contributed by atoms with E-state index in [0.717, 1.165) is 19.7 Å². The summed E-state index contributed by atoms with van der Waals surface area (Å²) in [5, 5.41) is 3.23. The fourth-order valence-corrected chi connectivity index (χ4v) is 2.36. The molecule has 2 aliphatic heterocycles. The maximum atomic E-state index is 5.60. The fraction of sp³-hybridized carbons (Fsp3) is 1.00. The van der Waals surface area contributed by atoms with Gasteiger partial charge in [-0.3, -0.25) is 0 Å². The number of hydrogen-bond donors (Lipinski definition) is 1. The van der Waals surface area contributed by atoms with E-state index in [1.807, 2.05) is 11.8 Å². The van der Waals surface area contributed by atoms with Crippen molar-refractivity contribution in [1.29, 1.82) is 0 Å². The maximum absolute atomic E-state index is 5.60. The van der Waals surface area contributed by atoms with E-state index in [9.17, 15) is 0 Å². The van der Waals surface area contributed by atoms with Gasteiger partial charge in [0.15, 0.2) is 0 Å². The first-order valence-electron chi connectivity index (χ1n) is 3.40. The molecule has 2 heterocycles. The van der Waals surface area contributed by atoms with E-state index in [1.165, 1.54) is 12.2 Å². The van der Waals surface area contributed by atoms with Crippen LogP contribution < -0.4 is 5.32 Å². The van der Waals surface area contributed by atoms with Crippen molar-refractivity contribution in [3.8, 4) is 0 Å². The summed E-state index contributed by atoms with van der Waals surface area (Å²) in [7, 11) is 0. The zero-order chi connectivity index (χ0) is 6.16. The second-order valence-corrected chi connectivity index (χ2v) is 4.01. The Morgan fingerprint density at radius 3 is 2.67 bits per heavy atom. The van der Waals surface area contributed by atoms with Gasteiger partial charge in [-0.05, 0) is 12.2 Å². The van der Waals surface area contributed by atoms with Gasteiger partial charge in [0.25, 0.3) is 0 Å². The Morgan fingerprint density at radius 2 is 2.33 bits per heavy atom. The topological polar surface area (TPSA) is 21.3 Å². The van der Waals surface area contributed by atoms with Crippen LogP contribution in [0.5, 0.6) is 0 Å². The van der Waals surface area contributed by atoms with Crippen molar-refractivity contribution >= 4 is 11.8 Å². The van der Waals surface area contributed by atoms with Crippen LogP contribution in [0, 0.1) is 0 Å². The molecule has 52 valence electrons. The van der Waals surface area contributed by atoms with Crippen LogP contribution in [0.15, 0.2) is 0 Å². The monoisotopic (exact) mass is 145 g/mol. The lowest BCUT2D eigenvalue weighted by Crippen LogP contribution is -2.60. The van der Waals surface area contributed by atoms with Gasteiger partial charge in [-0.1, -0.05) is 0 Å². The molecule has 0 bridgehead atoms. The van der Waals surface area contributed by atoms with Crippen LogP contribution in [0.3, 0.4) is 0 Å². The molecule has 1 N–H and O–H groups in total. The summed E-state index contributed by atoms with van der Waals surface area (Å²) in [6.07, 6.45) is 1.23. The third kappa shape index (κ3) is 0.974. The standard InChI is InChI=1S/C6H11NOS/c1-2-8-6(9-3-1)4-7-5-6/h7H,1-5H2. The lowest BCUT2D eigenvalue weighted by Gasteiger charge is -2.44. The lowest BCUT2D eigenvalue weighted by molar-refractivity contribution is -0.0152. The van der Waals surface area contributed by atoms with Crippen molar-refractivity contribution in [3.05, 3.63) is 0 Å². The number of ether oxygens (including phenoxy) is 1. The van der Waals surface area contributed by atoms with Gasteiger partial charge in [0, 0.05) is 19.7 Å². The maximum Gasteiger partial charge on any atom is 0.138 e. The Hall–Kier alpha value is 0.270. The zero-order valence-electron chi connectivity index (χ0n) is 5.35. The molecule has 0 aromatic rings. The Morgan fingerprint density at radius 1 is 1.44 bits per heavy atom. The molecule has 2 rings (SSSR count). The van der Waals surface area contributed by atoms with Crippen molar-refractivity contribution in [2.45, 2.75) is 11.4 Å². The first kappa shape index (κ1) is 6.01. The van der Waals surface area contributed by atoms with Crippen molar-refractivity contribution in [2.75, 3.05) is 25.4 Å². The van der Waals surface area contributed by atoms with Crippen LogP contribution in [0.1, 0.15) is 6.42 Å². The fourth-order valence-electron chi connectivity index (χ4n) is 1.15. The molecule has 9 heavy (non-hydrogen) atoms. The van der Waals surface area contributed by atoms with Gasteiger partial charge in [-0.25, -0.2) is 0 Å². The molecule has 0 unspecified atom stereocenters. The SMILES string of the molecule is C1COC2(CNC2)SC1. The van der Waals surface area contributed by atoms with Crippen molar-refractivity contribution < 1.29 is 4.74 Å². The van der Waals surface area contributed by atoms with Gasteiger partial charge in [0.2, 0.25) is 0 Å². The smallest absolute Gasteiger partial charge is 0.138 e. The molecule has 0 atom stereocenters. The average Bonchev–Trinajstić information content (AvgIpc) is 1.87. The summed E-state index contributed by atoms with van der Waals surface area (Å²) in [4.78, 5) is 0.207. The minimum absolute atomic E-state index is 0.207. The minimum atomic E-state index is 0.207. The lowest BCUT2D eigenvalue weighted by atomic mass is 10.2. The van der Waals surface area contributed by atoms with Crippen molar-refractivity contribution in [2.24, 2.45) is 0 Å².